The Morgan fingerprint density at radius 3 is 2.71 bits per heavy atom. The fourth-order valence-electron chi connectivity index (χ4n) is 2.15. The Balaban J connectivity index is 2.92. The number of non-ortho nitro benzene ring substituents is 1. The average molecular weight is 296 g/mol. The normalized spacial score (nSPS) is 11.9. The van der Waals surface area contributed by atoms with Gasteiger partial charge in [-0.1, -0.05) is 6.42 Å². The minimum atomic E-state index is -0.916. The van der Waals surface area contributed by atoms with Crippen LogP contribution in [0.25, 0.3) is 0 Å². The standard InChI is InChI=1S/C14H20N2O5/c1-21-13-6-5-12(16(19)20)9-11(13)8-10(14(17)18)4-2-3-7-15/h5-6,9-10H,2-4,7-8,15H2,1H3,(H,17,18). The van der Waals surface area contributed by atoms with Gasteiger partial charge in [-0.3, -0.25) is 14.9 Å². The lowest BCUT2D eigenvalue weighted by Gasteiger charge is -2.14. The van der Waals surface area contributed by atoms with Gasteiger partial charge in [0.2, 0.25) is 0 Å². The number of rotatable bonds is 9. The van der Waals surface area contributed by atoms with Gasteiger partial charge in [-0.05, 0) is 31.9 Å². The third-order valence-electron chi connectivity index (χ3n) is 3.30. The third kappa shape index (κ3) is 5.03. The van der Waals surface area contributed by atoms with Crippen molar-refractivity contribution in [2.75, 3.05) is 13.7 Å². The molecule has 0 saturated carbocycles. The van der Waals surface area contributed by atoms with Crippen molar-refractivity contribution in [2.45, 2.75) is 25.7 Å². The number of hydrogen-bond acceptors (Lipinski definition) is 5. The number of nitro groups is 1. The van der Waals surface area contributed by atoms with E-state index in [0.717, 1.165) is 6.42 Å². The summed E-state index contributed by atoms with van der Waals surface area (Å²) in [6.45, 7) is 0.520. The highest BCUT2D eigenvalue weighted by molar-refractivity contribution is 5.70. The van der Waals surface area contributed by atoms with Gasteiger partial charge < -0.3 is 15.6 Å². The summed E-state index contributed by atoms with van der Waals surface area (Å²) in [5, 5.41) is 20.1. The summed E-state index contributed by atoms with van der Waals surface area (Å²) >= 11 is 0. The molecule has 1 rings (SSSR count). The van der Waals surface area contributed by atoms with Crippen molar-refractivity contribution < 1.29 is 19.6 Å². The van der Waals surface area contributed by atoms with Gasteiger partial charge in [-0.15, -0.1) is 0 Å². The molecule has 3 N–H and O–H groups in total. The molecule has 0 fully saturated rings. The summed E-state index contributed by atoms with van der Waals surface area (Å²) in [6.07, 6.45) is 2.16. The highest BCUT2D eigenvalue weighted by Crippen LogP contribution is 2.27. The first-order chi connectivity index (χ1) is 9.99. The number of carbonyl (C=O) groups is 1. The largest absolute Gasteiger partial charge is 0.496 e. The van der Waals surface area contributed by atoms with Crippen LogP contribution in [0.1, 0.15) is 24.8 Å². The van der Waals surface area contributed by atoms with Crippen molar-refractivity contribution in [3.05, 3.63) is 33.9 Å². The van der Waals surface area contributed by atoms with E-state index in [1.165, 1.54) is 25.3 Å². The maximum Gasteiger partial charge on any atom is 0.306 e. The van der Waals surface area contributed by atoms with E-state index in [2.05, 4.69) is 0 Å². The van der Waals surface area contributed by atoms with Crippen molar-refractivity contribution >= 4 is 11.7 Å². The molecule has 1 unspecified atom stereocenters. The van der Waals surface area contributed by atoms with Gasteiger partial charge in [0.05, 0.1) is 18.0 Å². The van der Waals surface area contributed by atoms with E-state index in [0.29, 0.717) is 30.7 Å². The molecule has 116 valence electrons. The van der Waals surface area contributed by atoms with Crippen molar-refractivity contribution in [2.24, 2.45) is 11.7 Å². The Kier molecular flexibility index (Phi) is 6.61. The van der Waals surface area contributed by atoms with Crippen LogP contribution in [0.5, 0.6) is 5.75 Å². The number of nitro benzene ring substituents is 1. The number of carboxylic acid groups (broad SMARTS) is 1. The first-order valence-corrected chi connectivity index (χ1v) is 6.73. The topological polar surface area (TPSA) is 116 Å². The molecular weight excluding hydrogens is 276 g/mol. The van der Waals surface area contributed by atoms with Crippen LogP contribution in [-0.4, -0.2) is 29.7 Å². The Labute approximate surface area is 122 Å². The number of hydrogen-bond donors (Lipinski definition) is 2. The maximum absolute atomic E-state index is 11.3. The van der Waals surface area contributed by atoms with Crippen molar-refractivity contribution in [1.82, 2.24) is 0 Å². The number of benzene rings is 1. The second-order valence-electron chi connectivity index (χ2n) is 4.78. The molecule has 1 aromatic carbocycles. The van der Waals surface area contributed by atoms with E-state index in [1.807, 2.05) is 0 Å². The first kappa shape index (κ1) is 16.9. The molecule has 7 heteroatoms. The van der Waals surface area contributed by atoms with Crippen molar-refractivity contribution in [1.29, 1.82) is 0 Å². The number of carboxylic acids is 1. The number of ether oxygens (including phenoxy) is 1. The zero-order valence-corrected chi connectivity index (χ0v) is 11.9. The number of aliphatic carboxylic acids is 1. The molecule has 0 bridgehead atoms. The van der Waals surface area contributed by atoms with Gasteiger partial charge in [-0.2, -0.15) is 0 Å². The van der Waals surface area contributed by atoms with E-state index >= 15 is 0 Å². The van der Waals surface area contributed by atoms with Gasteiger partial charge in [0.1, 0.15) is 5.75 Å². The summed E-state index contributed by atoms with van der Waals surface area (Å²) in [5.41, 5.74) is 5.86. The Morgan fingerprint density at radius 2 is 2.19 bits per heavy atom. The van der Waals surface area contributed by atoms with Crippen LogP contribution in [0.3, 0.4) is 0 Å². The molecule has 0 amide bonds. The Morgan fingerprint density at radius 1 is 1.48 bits per heavy atom. The van der Waals surface area contributed by atoms with Crippen molar-refractivity contribution in [3.63, 3.8) is 0 Å². The van der Waals surface area contributed by atoms with E-state index < -0.39 is 16.8 Å². The number of nitrogens with two attached hydrogens (primary N) is 1. The molecule has 0 radical (unpaired) electrons. The quantitative estimate of drug-likeness (QED) is 0.409. The second kappa shape index (κ2) is 8.21. The van der Waals surface area contributed by atoms with Crippen LogP contribution in [0.15, 0.2) is 18.2 Å². The fourth-order valence-corrected chi connectivity index (χ4v) is 2.15. The number of unbranched alkanes of at least 4 members (excludes halogenated alkanes) is 1. The number of methoxy groups -OCH3 is 1. The SMILES string of the molecule is COc1ccc([N+](=O)[O-])cc1CC(CCCCN)C(=O)O. The highest BCUT2D eigenvalue weighted by atomic mass is 16.6. The lowest BCUT2D eigenvalue weighted by atomic mass is 9.93. The Bertz CT molecular complexity index is 504. The van der Waals surface area contributed by atoms with Gasteiger partial charge in [0.25, 0.3) is 5.69 Å². The Hall–Kier alpha value is -2.15. The smallest absolute Gasteiger partial charge is 0.306 e. The summed E-state index contributed by atoms with van der Waals surface area (Å²) in [6, 6.07) is 4.20. The zero-order valence-electron chi connectivity index (χ0n) is 11.9. The predicted octanol–water partition coefficient (Wildman–Crippen LogP) is 1.98. The molecule has 0 saturated heterocycles. The minimum Gasteiger partial charge on any atom is -0.496 e. The van der Waals surface area contributed by atoms with Gasteiger partial charge >= 0.3 is 5.97 Å². The molecule has 0 aromatic heterocycles. The summed E-state index contributed by atoms with van der Waals surface area (Å²) in [5.74, 6) is -1.06. The van der Waals surface area contributed by atoms with Gasteiger partial charge in [-0.25, -0.2) is 0 Å². The number of nitrogens with zero attached hydrogens (tertiary/aromatic N) is 1. The molecule has 1 aromatic rings. The average Bonchev–Trinajstić information content (AvgIpc) is 2.45. The molecule has 7 nitrogen and oxygen atoms in total. The predicted molar refractivity (Wildman–Crippen MR) is 77.4 cm³/mol. The summed E-state index contributed by atoms with van der Waals surface area (Å²) in [4.78, 5) is 21.6. The molecular formula is C14H20N2O5. The molecule has 0 aliphatic carbocycles. The molecule has 0 heterocycles. The van der Waals surface area contributed by atoms with Gasteiger partial charge in [0.15, 0.2) is 0 Å². The zero-order chi connectivity index (χ0) is 15.8. The van der Waals surface area contributed by atoms with Crippen LogP contribution in [0.2, 0.25) is 0 Å². The third-order valence-corrected chi connectivity index (χ3v) is 3.30. The molecule has 21 heavy (non-hydrogen) atoms. The summed E-state index contributed by atoms with van der Waals surface area (Å²) < 4.78 is 5.15. The van der Waals surface area contributed by atoms with Crippen LogP contribution in [-0.2, 0) is 11.2 Å². The van der Waals surface area contributed by atoms with E-state index in [-0.39, 0.29) is 12.1 Å². The summed E-state index contributed by atoms with van der Waals surface area (Å²) in [7, 11) is 1.45. The van der Waals surface area contributed by atoms with Crippen LogP contribution in [0, 0.1) is 16.0 Å². The van der Waals surface area contributed by atoms with E-state index in [9.17, 15) is 20.0 Å². The highest BCUT2D eigenvalue weighted by Gasteiger charge is 2.21. The van der Waals surface area contributed by atoms with Crippen LogP contribution >= 0.6 is 0 Å². The van der Waals surface area contributed by atoms with Crippen LogP contribution in [0.4, 0.5) is 5.69 Å². The molecule has 0 spiro atoms. The van der Waals surface area contributed by atoms with Crippen molar-refractivity contribution in [3.8, 4) is 5.75 Å². The molecule has 1 atom stereocenters. The van der Waals surface area contributed by atoms with E-state index in [1.54, 1.807) is 0 Å². The second-order valence-corrected chi connectivity index (χ2v) is 4.78. The lowest BCUT2D eigenvalue weighted by Crippen LogP contribution is -2.17. The lowest BCUT2D eigenvalue weighted by molar-refractivity contribution is -0.384. The fraction of sp³-hybridized carbons (Fsp3) is 0.500. The maximum atomic E-state index is 11.3. The minimum absolute atomic E-state index is 0.0723. The van der Waals surface area contributed by atoms with Crippen LogP contribution < -0.4 is 10.5 Å². The molecule has 0 aliphatic heterocycles. The first-order valence-electron chi connectivity index (χ1n) is 6.73. The molecule has 0 aliphatic rings. The van der Waals surface area contributed by atoms with E-state index in [4.69, 9.17) is 10.5 Å². The monoisotopic (exact) mass is 296 g/mol. The van der Waals surface area contributed by atoms with Gasteiger partial charge in [0, 0.05) is 17.7 Å².